The van der Waals surface area contributed by atoms with E-state index in [0.29, 0.717) is 0 Å². The highest BCUT2D eigenvalue weighted by molar-refractivity contribution is 5.86. The Morgan fingerprint density at radius 3 is 2.48 bits per heavy atom. The van der Waals surface area contributed by atoms with Crippen molar-refractivity contribution in [2.45, 2.75) is 25.5 Å². The second kappa shape index (κ2) is 10.2. The van der Waals surface area contributed by atoms with E-state index in [1.165, 1.54) is 0 Å². The summed E-state index contributed by atoms with van der Waals surface area (Å²) in [4.78, 5) is 34.6. The molecule has 6 N–H and O–H groups in total. The minimum Gasteiger partial charge on any atom is -0.445 e. The Hall–Kier alpha value is -2.61. The number of nitrogens with one attached hydrogen (secondary N) is 2. The molecule has 0 bridgehead atoms. The zero-order valence-corrected chi connectivity index (χ0v) is 12.8. The average Bonchev–Trinajstić information content (AvgIpc) is 2.55. The van der Waals surface area contributed by atoms with Gasteiger partial charge in [-0.15, -0.1) is 0 Å². The Morgan fingerprint density at radius 2 is 1.87 bits per heavy atom. The summed E-state index contributed by atoms with van der Waals surface area (Å²) < 4.78 is 5.05. The monoisotopic (exact) mass is 322 g/mol. The van der Waals surface area contributed by atoms with Crippen LogP contribution in [0.4, 0.5) is 4.79 Å². The van der Waals surface area contributed by atoms with E-state index in [1.54, 1.807) is 0 Å². The average molecular weight is 322 g/mol. The fraction of sp³-hybridized carbons (Fsp3) is 0.400. The topological polar surface area (TPSA) is 137 Å². The van der Waals surface area contributed by atoms with Crippen molar-refractivity contribution in [3.05, 3.63) is 35.9 Å². The Kier molecular flexibility index (Phi) is 8.16. The molecular weight excluding hydrogens is 300 g/mol. The van der Waals surface area contributed by atoms with Crippen molar-refractivity contribution in [2.75, 3.05) is 13.1 Å². The van der Waals surface area contributed by atoms with Crippen LogP contribution in [0.2, 0.25) is 0 Å². The molecular formula is C15H22N4O4. The van der Waals surface area contributed by atoms with E-state index >= 15 is 0 Å². The van der Waals surface area contributed by atoms with Crippen molar-refractivity contribution < 1.29 is 19.1 Å². The molecule has 1 atom stereocenters. The van der Waals surface area contributed by atoms with Crippen LogP contribution in [-0.4, -0.2) is 37.0 Å². The number of hydrogen-bond donors (Lipinski definition) is 4. The SMILES string of the molecule is NCCNC(=O)[C@H](CCC(N)=O)NC(=O)OCc1ccccc1. The molecule has 3 amide bonds. The maximum atomic E-state index is 11.9. The minimum absolute atomic E-state index is 0.0281. The van der Waals surface area contributed by atoms with Crippen LogP contribution < -0.4 is 22.1 Å². The second-order valence-corrected chi connectivity index (χ2v) is 4.84. The molecule has 0 radical (unpaired) electrons. The lowest BCUT2D eigenvalue weighted by molar-refractivity contribution is -0.123. The molecule has 8 nitrogen and oxygen atoms in total. The van der Waals surface area contributed by atoms with Crippen LogP contribution in [0, 0.1) is 0 Å². The Morgan fingerprint density at radius 1 is 1.17 bits per heavy atom. The lowest BCUT2D eigenvalue weighted by atomic mass is 10.1. The van der Waals surface area contributed by atoms with E-state index in [2.05, 4.69) is 10.6 Å². The molecule has 1 aromatic carbocycles. The first-order valence-corrected chi connectivity index (χ1v) is 7.26. The highest BCUT2D eigenvalue weighted by atomic mass is 16.5. The first kappa shape index (κ1) is 18.4. The van der Waals surface area contributed by atoms with Crippen molar-refractivity contribution in [3.63, 3.8) is 0 Å². The van der Waals surface area contributed by atoms with Crippen LogP contribution in [0.3, 0.4) is 0 Å². The van der Waals surface area contributed by atoms with Gasteiger partial charge < -0.3 is 26.8 Å². The Labute approximate surface area is 134 Å². The number of benzene rings is 1. The third-order valence-corrected chi connectivity index (χ3v) is 2.94. The van der Waals surface area contributed by atoms with Gasteiger partial charge in [-0.3, -0.25) is 9.59 Å². The van der Waals surface area contributed by atoms with Gasteiger partial charge in [0.2, 0.25) is 11.8 Å². The van der Waals surface area contributed by atoms with Crippen LogP contribution in [-0.2, 0) is 20.9 Å². The fourth-order valence-corrected chi connectivity index (χ4v) is 1.78. The van der Waals surface area contributed by atoms with Crippen molar-refractivity contribution in [1.29, 1.82) is 0 Å². The van der Waals surface area contributed by atoms with Crippen molar-refractivity contribution in [3.8, 4) is 0 Å². The number of hydrogen-bond acceptors (Lipinski definition) is 5. The number of alkyl carbamates (subject to hydrolysis) is 1. The predicted octanol–water partition coefficient (Wildman–Crippen LogP) is -0.378. The molecule has 0 saturated heterocycles. The zero-order valence-electron chi connectivity index (χ0n) is 12.8. The summed E-state index contributed by atoms with van der Waals surface area (Å²) in [5.41, 5.74) is 11.2. The van der Waals surface area contributed by atoms with E-state index < -0.39 is 23.9 Å². The van der Waals surface area contributed by atoms with Gasteiger partial charge in [-0.05, 0) is 12.0 Å². The Bertz CT molecular complexity index is 521. The summed E-state index contributed by atoms with van der Waals surface area (Å²) in [6, 6.07) is 8.22. The van der Waals surface area contributed by atoms with Crippen LogP contribution >= 0.6 is 0 Å². The number of carbonyl (C=O) groups excluding carboxylic acids is 3. The summed E-state index contributed by atoms with van der Waals surface area (Å²) in [6.07, 6.45) is -0.683. The molecule has 0 fully saturated rings. The third-order valence-electron chi connectivity index (χ3n) is 2.94. The van der Waals surface area contributed by atoms with Crippen molar-refractivity contribution >= 4 is 17.9 Å². The second-order valence-electron chi connectivity index (χ2n) is 4.84. The lowest BCUT2D eigenvalue weighted by Crippen LogP contribution is -2.48. The third kappa shape index (κ3) is 7.82. The molecule has 23 heavy (non-hydrogen) atoms. The molecule has 0 aliphatic carbocycles. The molecule has 0 aromatic heterocycles. The van der Waals surface area contributed by atoms with E-state index in [-0.39, 0.29) is 32.5 Å². The number of carbonyl (C=O) groups is 3. The summed E-state index contributed by atoms with van der Waals surface area (Å²) in [7, 11) is 0. The van der Waals surface area contributed by atoms with Gasteiger partial charge in [0.25, 0.3) is 0 Å². The molecule has 0 unspecified atom stereocenters. The molecule has 0 heterocycles. The molecule has 1 aromatic rings. The van der Waals surface area contributed by atoms with Gasteiger partial charge in [-0.2, -0.15) is 0 Å². The van der Waals surface area contributed by atoms with Gasteiger partial charge in [-0.25, -0.2) is 4.79 Å². The number of ether oxygens (including phenoxy) is 1. The summed E-state index contributed by atoms with van der Waals surface area (Å²) >= 11 is 0. The number of primary amides is 1. The molecule has 0 aliphatic heterocycles. The van der Waals surface area contributed by atoms with Crippen molar-refractivity contribution in [1.82, 2.24) is 10.6 Å². The molecule has 0 aliphatic rings. The summed E-state index contributed by atoms with van der Waals surface area (Å²) in [5.74, 6) is -0.991. The normalized spacial score (nSPS) is 11.3. The van der Waals surface area contributed by atoms with Gasteiger partial charge in [0, 0.05) is 19.5 Å². The number of rotatable bonds is 9. The maximum Gasteiger partial charge on any atom is 0.408 e. The zero-order chi connectivity index (χ0) is 17.1. The largest absolute Gasteiger partial charge is 0.445 e. The van der Waals surface area contributed by atoms with Gasteiger partial charge in [0.05, 0.1) is 0 Å². The van der Waals surface area contributed by atoms with E-state index in [4.69, 9.17) is 16.2 Å². The van der Waals surface area contributed by atoms with Gasteiger partial charge in [0.15, 0.2) is 0 Å². The summed E-state index contributed by atoms with van der Waals surface area (Å²) in [5, 5.41) is 4.98. The molecule has 0 saturated carbocycles. The van der Waals surface area contributed by atoms with Crippen LogP contribution in [0.1, 0.15) is 18.4 Å². The smallest absolute Gasteiger partial charge is 0.408 e. The highest BCUT2D eigenvalue weighted by Crippen LogP contribution is 2.02. The van der Waals surface area contributed by atoms with E-state index in [9.17, 15) is 14.4 Å². The first-order chi connectivity index (χ1) is 11.0. The minimum atomic E-state index is -0.905. The molecule has 126 valence electrons. The fourth-order valence-electron chi connectivity index (χ4n) is 1.78. The van der Waals surface area contributed by atoms with Gasteiger partial charge >= 0.3 is 6.09 Å². The molecule has 8 heteroatoms. The molecule has 0 spiro atoms. The molecule has 1 rings (SSSR count). The van der Waals surface area contributed by atoms with Crippen LogP contribution in [0.5, 0.6) is 0 Å². The first-order valence-electron chi connectivity index (χ1n) is 7.26. The van der Waals surface area contributed by atoms with E-state index in [1.807, 2.05) is 30.3 Å². The number of nitrogens with two attached hydrogens (primary N) is 2. The highest BCUT2D eigenvalue weighted by Gasteiger charge is 2.21. The van der Waals surface area contributed by atoms with Crippen LogP contribution in [0.15, 0.2) is 30.3 Å². The quantitative estimate of drug-likeness (QED) is 0.491. The maximum absolute atomic E-state index is 11.9. The predicted molar refractivity (Wildman–Crippen MR) is 84.0 cm³/mol. The lowest BCUT2D eigenvalue weighted by Gasteiger charge is -2.17. The van der Waals surface area contributed by atoms with Gasteiger partial charge in [-0.1, -0.05) is 30.3 Å². The van der Waals surface area contributed by atoms with Crippen LogP contribution in [0.25, 0.3) is 0 Å². The van der Waals surface area contributed by atoms with Gasteiger partial charge in [0.1, 0.15) is 12.6 Å². The van der Waals surface area contributed by atoms with E-state index in [0.717, 1.165) is 5.56 Å². The Balaban J connectivity index is 2.51. The standard InChI is InChI=1S/C15H22N4O4/c16-8-9-18-14(21)12(6-7-13(17)20)19-15(22)23-10-11-4-2-1-3-5-11/h1-5,12H,6-10,16H2,(H2,17,20)(H,18,21)(H,19,22)/t12-/m0/s1. The van der Waals surface area contributed by atoms with Crippen molar-refractivity contribution in [2.24, 2.45) is 11.5 Å². The number of amides is 3. The summed E-state index contributed by atoms with van der Waals surface area (Å²) in [6.45, 7) is 0.624.